The molecule has 0 saturated heterocycles. The van der Waals surface area contributed by atoms with Gasteiger partial charge in [-0.3, -0.25) is 0 Å². The molecule has 9 heteroatoms. The summed E-state index contributed by atoms with van der Waals surface area (Å²) in [5.41, 5.74) is 0. The van der Waals surface area contributed by atoms with Gasteiger partial charge in [0.25, 0.3) is 0 Å². The average molecular weight is 707 g/mol. The molecule has 0 atom stereocenters. The second-order valence-corrected chi connectivity index (χ2v) is 18.1. The molecule has 0 radical (unpaired) electrons. The van der Waals surface area contributed by atoms with E-state index in [4.69, 9.17) is 0 Å². The maximum Gasteiger partial charge on any atom is 0.181 e. The Balaban J connectivity index is 2.51. The first-order valence-corrected chi connectivity index (χ1v) is 20.3. The summed E-state index contributed by atoms with van der Waals surface area (Å²) in [4.78, 5) is -0.0697. The number of thiophene rings is 1. The van der Waals surface area contributed by atoms with Gasteiger partial charge in [0.1, 0.15) is 9.79 Å². The van der Waals surface area contributed by atoms with Gasteiger partial charge in [0, 0.05) is 0 Å². The first kappa shape index (κ1) is 35.6. The van der Waals surface area contributed by atoms with Gasteiger partial charge in [-0.05, 0) is 44.7 Å². The molecule has 1 rings (SSSR count). The van der Waals surface area contributed by atoms with E-state index >= 15 is 0 Å². The molecule has 0 aliphatic rings. The van der Waals surface area contributed by atoms with E-state index < -0.39 is 19.7 Å². The maximum atomic E-state index is 13.2. The Hall–Kier alpha value is 0.560. The van der Waals surface area contributed by atoms with Crippen molar-refractivity contribution in [2.24, 2.45) is 0 Å². The SMILES string of the molecule is CCCCCCCCCCCCS(=O)(=O)c1c(Br)sc(Br)c1S(=O)(=O)CCCCCCCCCCCC. The fourth-order valence-electron chi connectivity index (χ4n) is 4.64. The summed E-state index contributed by atoms with van der Waals surface area (Å²) in [7, 11) is -7.38. The van der Waals surface area contributed by atoms with E-state index in [9.17, 15) is 16.8 Å². The topological polar surface area (TPSA) is 68.3 Å². The molecule has 218 valence electrons. The van der Waals surface area contributed by atoms with Crippen molar-refractivity contribution in [2.45, 2.75) is 152 Å². The molecule has 0 aliphatic heterocycles. The summed E-state index contributed by atoms with van der Waals surface area (Å²) >= 11 is 7.83. The number of unbranched alkanes of at least 4 members (excludes halogenated alkanes) is 18. The second kappa shape index (κ2) is 20.4. The molecular formula is C28H50Br2O4S3. The molecule has 0 amide bonds. The van der Waals surface area contributed by atoms with Gasteiger partial charge in [-0.25, -0.2) is 16.8 Å². The van der Waals surface area contributed by atoms with Gasteiger partial charge < -0.3 is 0 Å². The van der Waals surface area contributed by atoms with Crippen LogP contribution >= 0.6 is 43.2 Å². The molecule has 0 fully saturated rings. The van der Waals surface area contributed by atoms with Gasteiger partial charge in [0.05, 0.1) is 19.1 Å². The van der Waals surface area contributed by atoms with Crippen molar-refractivity contribution in [2.75, 3.05) is 11.5 Å². The normalized spacial score (nSPS) is 12.4. The predicted molar refractivity (Wildman–Crippen MR) is 168 cm³/mol. The fourth-order valence-corrected chi connectivity index (χ4v) is 13.7. The molecule has 4 nitrogen and oxygen atoms in total. The van der Waals surface area contributed by atoms with E-state index in [0.717, 1.165) is 49.9 Å². The molecule has 0 aromatic carbocycles. The largest absolute Gasteiger partial charge is 0.224 e. The zero-order chi connectivity index (χ0) is 27.6. The third kappa shape index (κ3) is 14.7. The highest BCUT2D eigenvalue weighted by molar-refractivity contribution is 9.12. The third-order valence-corrected chi connectivity index (χ3v) is 14.1. The number of halogens is 2. The summed E-state index contributed by atoms with van der Waals surface area (Å²) in [6.45, 7) is 4.44. The van der Waals surface area contributed by atoms with Gasteiger partial charge in [0.15, 0.2) is 19.7 Å². The Morgan fingerprint density at radius 1 is 0.459 bits per heavy atom. The predicted octanol–water partition coefficient (Wildman–Crippen LogP) is 10.7. The standard InChI is InChI=1S/C28H50Br2O4S3/c1-3-5-7-9-11-13-15-17-19-21-23-36(31,32)25-26(28(30)35-27(25)29)37(33,34)24-22-20-18-16-14-12-10-8-6-4-2/h3-24H2,1-2H3. The van der Waals surface area contributed by atoms with E-state index in [-0.39, 0.29) is 21.3 Å². The molecule has 0 unspecified atom stereocenters. The van der Waals surface area contributed by atoms with E-state index in [1.165, 1.54) is 77.0 Å². The number of sulfone groups is 2. The van der Waals surface area contributed by atoms with Crippen LogP contribution in [0.25, 0.3) is 0 Å². The Labute approximate surface area is 249 Å². The Morgan fingerprint density at radius 3 is 0.973 bits per heavy atom. The molecule has 0 bridgehead atoms. The number of hydrogen-bond acceptors (Lipinski definition) is 5. The Kier molecular flexibility index (Phi) is 19.7. The van der Waals surface area contributed by atoms with Gasteiger partial charge in [-0.15, -0.1) is 11.3 Å². The van der Waals surface area contributed by atoms with Crippen molar-refractivity contribution < 1.29 is 16.8 Å². The monoisotopic (exact) mass is 704 g/mol. The minimum Gasteiger partial charge on any atom is -0.224 e. The number of hydrogen-bond donors (Lipinski definition) is 0. The Morgan fingerprint density at radius 2 is 0.703 bits per heavy atom. The molecule has 1 aromatic heterocycles. The van der Waals surface area contributed by atoms with Crippen molar-refractivity contribution in [1.82, 2.24) is 0 Å². The van der Waals surface area contributed by atoms with E-state index in [1.54, 1.807) is 0 Å². The van der Waals surface area contributed by atoms with Crippen LogP contribution in [0.1, 0.15) is 142 Å². The van der Waals surface area contributed by atoms with E-state index in [0.29, 0.717) is 20.4 Å². The molecule has 0 spiro atoms. The van der Waals surface area contributed by atoms with Crippen molar-refractivity contribution in [1.29, 1.82) is 0 Å². The zero-order valence-electron chi connectivity index (χ0n) is 23.2. The molecule has 0 N–H and O–H groups in total. The van der Waals surface area contributed by atoms with Gasteiger partial charge in [-0.2, -0.15) is 0 Å². The van der Waals surface area contributed by atoms with Crippen molar-refractivity contribution in [3.8, 4) is 0 Å². The molecular weight excluding hydrogens is 656 g/mol. The third-order valence-electron chi connectivity index (χ3n) is 6.90. The minimum atomic E-state index is -3.69. The first-order chi connectivity index (χ1) is 17.7. The van der Waals surface area contributed by atoms with Crippen molar-refractivity contribution in [3.63, 3.8) is 0 Å². The van der Waals surface area contributed by atoms with Crippen LogP contribution in [0.4, 0.5) is 0 Å². The molecule has 1 heterocycles. The van der Waals surface area contributed by atoms with Crippen LogP contribution in [0.5, 0.6) is 0 Å². The van der Waals surface area contributed by atoms with Crippen LogP contribution in [-0.4, -0.2) is 28.3 Å². The van der Waals surface area contributed by atoms with Crippen LogP contribution < -0.4 is 0 Å². The van der Waals surface area contributed by atoms with E-state index in [2.05, 4.69) is 45.7 Å². The van der Waals surface area contributed by atoms with Gasteiger partial charge in [-0.1, -0.05) is 129 Å². The minimum absolute atomic E-state index is 0.00789. The average Bonchev–Trinajstić information content (AvgIpc) is 3.16. The zero-order valence-corrected chi connectivity index (χ0v) is 28.8. The van der Waals surface area contributed by atoms with Crippen LogP contribution in [0, 0.1) is 0 Å². The summed E-state index contributed by atoms with van der Waals surface area (Å²) < 4.78 is 53.6. The van der Waals surface area contributed by atoms with Crippen LogP contribution in [-0.2, 0) is 19.7 Å². The molecule has 0 saturated carbocycles. The summed E-state index contributed by atoms with van der Waals surface area (Å²) in [6, 6.07) is 0. The van der Waals surface area contributed by atoms with Crippen molar-refractivity contribution in [3.05, 3.63) is 7.57 Å². The lowest BCUT2D eigenvalue weighted by molar-refractivity contribution is 0.555. The van der Waals surface area contributed by atoms with Crippen LogP contribution in [0.15, 0.2) is 17.4 Å². The van der Waals surface area contributed by atoms with E-state index in [1.807, 2.05) is 0 Å². The first-order valence-electron chi connectivity index (χ1n) is 14.6. The highest BCUT2D eigenvalue weighted by Crippen LogP contribution is 2.44. The lowest BCUT2D eigenvalue weighted by atomic mass is 10.1. The number of rotatable bonds is 24. The van der Waals surface area contributed by atoms with Crippen molar-refractivity contribution >= 4 is 62.9 Å². The second-order valence-electron chi connectivity index (χ2n) is 10.3. The molecule has 1 aromatic rings. The van der Waals surface area contributed by atoms with Gasteiger partial charge >= 0.3 is 0 Å². The smallest absolute Gasteiger partial charge is 0.181 e. The highest BCUT2D eigenvalue weighted by Gasteiger charge is 2.33. The quantitative estimate of drug-likeness (QED) is 0.100. The Bertz CT molecular complexity index is 866. The maximum absolute atomic E-state index is 13.2. The summed E-state index contributed by atoms with van der Waals surface area (Å²) in [5.74, 6) is -0.0158. The summed E-state index contributed by atoms with van der Waals surface area (Å²) in [5, 5.41) is 0. The van der Waals surface area contributed by atoms with Crippen LogP contribution in [0.2, 0.25) is 0 Å². The lowest BCUT2D eigenvalue weighted by Gasteiger charge is -2.09. The summed E-state index contributed by atoms with van der Waals surface area (Å²) in [6.07, 6.45) is 22.5. The lowest BCUT2D eigenvalue weighted by Crippen LogP contribution is -2.14. The fraction of sp³-hybridized carbons (Fsp3) is 0.857. The highest BCUT2D eigenvalue weighted by atomic mass is 79.9. The molecule has 37 heavy (non-hydrogen) atoms. The van der Waals surface area contributed by atoms with Gasteiger partial charge in [0.2, 0.25) is 0 Å². The van der Waals surface area contributed by atoms with Crippen LogP contribution in [0.3, 0.4) is 0 Å². The molecule has 0 aliphatic carbocycles.